The lowest BCUT2D eigenvalue weighted by atomic mass is 10.0. The van der Waals surface area contributed by atoms with Crippen molar-refractivity contribution in [2.75, 3.05) is 20.2 Å². The lowest BCUT2D eigenvalue weighted by Gasteiger charge is -2.23. The Morgan fingerprint density at radius 2 is 2.14 bits per heavy atom. The second-order valence-corrected chi connectivity index (χ2v) is 4.24. The van der Waals surface area contributed by atoms with Gasteiger partial charge < -0.3 is 9.64 Å². The Morgan fingerprint density at radius 1 is 1.43 bits per heavy atom. The van der Waals surface area contributed by atoms with Crippen LogP contribution in [-0.4, -0.2) is 37.1 Å². The maximum atomic E-state index is 11.8. The van der Waals surface area contributed by atoms with Crippen LogP contribution in [0.5, 0.6) is 0 Å². The van der Waals surface area contributed by atoms with E-state index >= 15 is 0 Å². The van der Waals surface area contributed by atoms with Gasteiger partial charge in [-0.25, -0.2) is 0 Å². The van der Waals surface area contributed by atoms with Gasteiger partial charge in [0, 0.05) is 20.2 Å². The predicted molar refractivity (Wildman–Crippen MR) is 56.1 cm³/mol. The lowest BCUT2D eigenvalue weighted by molar-refractivity contribution is -0.140. The van der Waals surface area contributed by atoms with Crippen molar-refractivity contribution in [2.24, 2.45) is 5.92 Å². The molecule has 1 aliphatic rings. The van der Waals surface area contributed by atoms with Crippen LogP contribution in [0.4, 0.5) is 0 Å². The van der Waals surface area contributed by atoms with Crippen molar-refractivity contribution in [3.63, 3.8) is 0 Å². The van der Waals surface area contributed by atoms with Crippen LogP contribution < -0.4 is 0 Å². The Kier molecular flexibility index (Phi) is 4.39. The molecule has 0 aromatic heterocycles. The van der Waals surface area contributed by atoms with Gasteiger partial charge in [0.15, 0.2) is 0 Å². The summed E-state index contributed by atoms with van der Waals surface area (Å²) in [5.41, 5.74) is 0. The highest BCUT2D eigenvalue weighted by atomic mass is 16.5. The SMILES string of the molecule is COC(C)C(=O)N1CCCC(C)CC1. The molecule has 14 heavy (non-hydrogen) atoms. The Balaban J connectivity index is 2.47. The van der Waals surface area contributed by atoms with E-state index in [9.17, 15) is 4.79 Å². The largest absolute Gasteiger partial charge is 0.372 e. The van der Waals surface area contributed by atoms with Crippen LogP contribution in [0.15, 0.2) is 0 Å². The number of hydrogen-bond donors (Lipinski definition) is 0. The van der Waals surface area contributed by atoms with Gasteiger partial charge in [0.25, 0.3) is 5.91 Å². The molecule has 0 aromatic carbocycles. The quantitative estimate of drug-likeness (QED) is 0.677. The summed E-state index contributed by atoms with van der Waals surface area (Å²) < 4.78 is 5.04. The van der Waals surface area contributed by atoms with Crippen molar-refractivity contribution in [3.05, 3.63) is 0 Å². The van der Waals surface area contributed by atoms with E-state index in [1.54, 1.807) is 7.11 Å². The molecule has 1 fully saturated rings. The first-order valence-corrected chi connectivity index (χ1v) is 5.46. The van der Waals surface area contributed by atoms with Crippen LogP contribution in [0, 0.1) is 5.92 Å². The van der Waals surface area contributed by atoms with Gasteiger partial charge in [-0.1, -0.05) is 6.92 Å². The fourth-order valence-corrected chi connectivity index (χ4v) is 1.84. The third-order valence-corrected chi connectivity index (χ3v) is 3.03. The molecule has 1 amide bonds. The van der Waals surface area contributed by atoms with Gasteiger partial charge in [0.1, 0.15) is 6.10 Å². The van der Waals surface area contributed by atoms with Crippen LogP contribution in [0.25, 0.3) is 0 Å². The van der Waals surface area contributed by atoms with Crippen molar-refractivity contribution in [1.29, 1.82) is 0 Å². The van der Waals surface area contributed by atoms with Crippen molar-refractivity contribution in [3.8, 4) is 0 Å². The smallest absolute Gasteiger partial charge is 0.251 e. The number of carbonyl (C=O) groups is 1. The van der Waals surface area contributed by atoms with E-state index in [1.165, 1.54) is 6.42 Å². The van der Waals surface area contributed by atoms with Gasteiger partial charge in [-0.15, -0.1) is 0 Å². The molecule has 1 saturated heterocycles. The highest BCUT2D eigenvalue weighted by molar-refractivity contribution is 5.80. The van der Waals surface area contributed by atoms with Crippen LogP contribution in [0.2, 0.25) is 0 Å². The molecular weight excluding hydrogens is 178 g/mol. The standard InChI is InChI=1S/C11H21NO2/c1-9-5-4-7-12(8-6-9)11(13)10(2)14-3/h9-10H,4-8H2,1-3H3. The van der Waals surface area contributed by atoms with Crippen LogP contribution in [0.1, 0.15) is 33.1 Å². The molecule has 1 heterocycles. The fraction of sp³-hybridized carbons (Fsp3) is 0.909. The molecule has 0 aliphatic carbocycles. The van der Waals surface area contributed by atoms with E-state index in [4.69, 9.17) is 4.74 Å². The van der Waals surface area contributed by atoms with Crippen molar-refractivity contribution in [2.45, 2.75) is 39.2 Å². The van der Waals surface area contributed by atoms with Crippen molar-refractivity contribution >= 4 is 5.91 Å². The molecule has 0 aromatic rings. The molecule has 82 valence electrons. The molecule has 0 spiro atoms. The third kappa shape index (κ3) is 2.98. The first kappa shape index (κ1) is 11.5. The molecule has 0 radical (unpaired) electrons. The Hall–Kier alpha value is -0.570. The third-order valence-electron chi connectivity index (χ3n) is 3.03. The zero-order valence-electron chi connectivity index (χ0n) is 9.45. The van der Waals surface area contributed by atoms with Gasteiger partial charge in [0.05, 0.1) is 0 Å². The normalized spacial score (nSPS) is 25.6. The number of carbonyl (C=O) groups excluding carboxylic acids is 1. The zero-order valence-corrected chi connectivity index (χ0v) is 9.45. The van der Waals surface area contributed by atoms with E-state index in [2.05, 4.69) is 6.92 Å². The molecule has 2 atom stereocenters. The van der Waals surface area contributed by atoms with E-state index < -0.39 is 0 Å². The highest BCUT2D eigenvalue weighted by Gasteiger charge is 2.22. The summed E-state index contributed by atoms with van der Waals surface area (Å²) in [6.45, 7) is 5.87. The topological polar surface area (TPSA) is 29.5 Å². The second kappa shape index (κ2) is 5.35. The minimum absolute atomic E-state index is 0.140. The number of rotatable bonds is 2. The fourth-order valence-electron chi connectivity index (χ4n) is 1.84. The molecule has 2 unspecified atom stereocenters. The number of hydrogen-bond acceptors (Lipinski definition) is 2. The first-order chi connectivity index (χ1) is 6.65. The number of likely N-dealkylation sites (tertiary alicyclic amines) is 1. The van der Waals surface area contributed by atoms with Crippen molar-refractivity contribution in [1.82, 2.24) is 4.90 Å². The average Bonchev–Trinajstić information content (AvgIpc) is 2.40. The van der Waals surface area contributed by atoms with Crippen LogP contribution >= 0.6 is 0 Å². The Labute approximate surface area is 86.4 Å². The molecule has 1 aliphatic heterocycles. The van der Waals surface area contributed by atoms with Gasteiger partial charge in [-0.3, -0.25) is 4.79 Å². The van der Waals surface area contributed by atoms with Gasteiger partial charge in [-0.05, 0) is 32.1 Å². The van der Waals surface area contributed by atoms with E-state index in [0.717, 1.165) is 31.8 Å². The van der Waals surface area contributed by atoms with E-state index in [1.807, 2.05) is 11.8 Å². The van der Waals surface area contributed by atoms with Gasteiger partial charge in [0.2, 0.25) is 0 Å². The molecule has 0 N–H and O–H groups in total. The zero-order chi connectivity index (χ0) is 10.6. The number of methoxy groups -OCH3 is 1. The number of ether oxygens (including phenoxy) is 1. The van der Waals surface area contributed by atoms with Crippen LogP contribution in [-0.2, 0) is 9.53 Å². The van der Waals surface area contributed by atoms with Gasteiger partial charge >= 0.3 is 0 Å². The van der Waals surface area contributed by atoms with E-state index in [0.29, 0.717) is 0 Å². The average molecular weight is 199 g/mol. The maximum absolute atomic E-state index is 11.8. The van der Waals surface area contributed by atoms with Crippen molar-refractivity contribution < 1.29 is 9.53 Å². The second-order valence-electron chi connectivity index (χ2n) is 4.24. The minimum Gasteiger partial charge on any atom is -0.372 e. The molecule has 3 heteroatoms. The summed E-state index contributed by atoms with van der Waals surface area (Å²) >= 11 is 0. The highest BCUT2D eigenvalue weighted by Crippen LogP contribution is 2.17. The minimum atomic E-state index is -0.289. The maximum Gasteiger partial charge on any atom is 0.251 e. The van der Waals surface area contributed by atoms with Crippen LogP contribution in [0.3, 0.4) is 0 Å². The summed E-state index contributed by atoms with van der Waals surface area (Å²) in [4.78, 5) is 13.7. The summed E-state index contributed by atoms with van der Waals surface area (Å²) in [5.74, 6) is 0.896. The summed E-state index contributed by atoms with van der Waals surface area (Å²) in [6, 6.07) is 0. The molecule has 0 saturated carbocycles. The summed E-state index contributed by atoms with van der Waals surface area (Å²) in [5, 5.41) is 0. The number of nitrogens with zero attached hydrogens (tertiary/aromatic N) is 1. The monoisotopic (exact) mass is 199 g/mol. The summed E-state index contributed by atoms with van der Waals surface area (Å²) in [7, 11) is 1.59. The Morgan fingerprint density at radius 3 is 2.79 bits per heavy atom. The number of amides is 1. The summed E-state index contributed by atoms with van der Waals surface area (Å²) in [6.07, 6.45) is 3.21. The predicted octanol–water partition coefficient (Wildman–Crippen LogP) is 1.67. The molecule has 1 rings (SSSR count). The van der Waals surface area contributed by atoms with Gasteiger partial charge in [-0.2, -0.15) is 0 Å². The molecule has 3 nitrogen and oxygen atoms in total. The molecule has 0 bridgehead atoms. The molecular formula is C11H21NO2. The first-order valence-electron chi connectivity index (χ1n) is 5.46. The van der Waals surface area contributed by atoms with E-state index in [-0.39, 0.29) is 12.0 Å². The Bertz CT molecular complexity index is 194. The lowest BCUT2D eigenvalue weighted by Crippen LogP contribution is -2.39.